The molecular weight excluding hydrogens is 394 g/mol. The molecule has 0 aliphatic heterocycles. The smallest absolute Gasteiger partial charge is 0.349 e. The van der Waals surface area contributed by atoms with Crippen molar-refractivity contribution < 1.29 is 22.7 Å². The van der Waals surface area contributed by atoms with Crippen LogP contribution in [0.4, 0.5) is 8.78 Å². The second-order valence-electron chi connectivity index (χ2n) is 4.55. The molecule has 3 rings (SSSR count). The highest BCUT2D eigenvalue weighted by Gasteiger charge is 2.20. The Bertz CT molecular complexity index is 885. The van der Waals surface area contributed by atoms with Crippen molar-refractivity contribution in [3.8, 4) is 11.5 Å². The molecule has 0 saturated heterocycles. The summed E-state index contributed by atoms with van der Waals surface area (Å²) >= 11 is 7.37. The minimum absolute atomic E-state index is 0.0721. The first kappa shape index (κ1) is 17.8. The number of benzene rings is 1. The highest BCUT2D eigenvalue weighted by molar-refractivity contribution is 7.99. The lowest BCUT2D eigenvalue weighted by atomic mass is 10.2. The Morgan fingerprint density at radius 1 is 1.32 bits per heavy atom. The summed E-state index contributed by atoms with van der Waals surface area (Å²) in [5, 5.41) is 9.63. The molecule has 0 aliphatic carbocycles. The molecule has 0 aliphatic rings. The minimum Gasteiger partial charge on any atom is -0.451 e. The maximum absolute atomic E-state index is 12.5. The van der Waals surface area contributed by atoms with Crippen LogP contribution in [0, 0.1) is 0 Å². The summed E-state index contributed by atoms with van der Waals surface area (Å²) in [6.07, 6.45) is 0. The standard InChI is InChI=1S/C15H9ClF2N2O3S2/c16-9-4-2-1-3-8(9)13-20-19-11(23-13)7-22-14(21)12-10(5-6-24-12)25-15(17)18/h1-6,15H,7H2. The zero-order chi connectivity index (χ0) is 17.8. The van der Waals surface area contributed by atoms with Gasteiger partial charge in [-0.05, 0) is 23.6 Å². The van der Waals surface area contributed by atoms with E-state index in [9.17, 15) is 13.6 Å². The topological polar surface area (TPSA) is 65.2 Å². The van der Waals surface area contributed by atoms with E-state index in [0.29, 0.717) is 22.3 Å². The SMILES string of the molecule is O=C(OCc1nnc(-c2ccccc2Cl)o1)c1sccc1SC(F)F. The fourth-order valence-electron chi connectivity index (χ4n) is 1.88. The van der Waals surface area contributed by atoms with Gasteiger partial charge in [-0.25, -0.2) is 4.79 Å². The number of hydrogen-bond acceptors (Lipinski definition) is 7. The molecule has 0 amide bonds. The first-order valence-electron chi connectivity index (χ1n) is 6.81. The van der Waals surface area contributed by atoms with Crippen molar-refractivity contribution in [1.29, 1.82) is 0 Å². The third kappa shape index (κ3) is 4.36. The number of alkyl halides is 2. The van der Waals surface area contributed by atoms with E-state index in [1.807, 2.05) is 0 Å². The minimum atomic E-state index is -2.62. The number of nitrogens with zero attached hydrogens (tertiary/aromatic N) is 2. The van der Waals surface area contributed by atoms with E-state index in [2.05, 4.69) is 10.2 Å². The summed E-state index contributed by atoms with van der Waals surface area (Å²) in [6.45, 7) is -0.271. The van der Waals surface area contributed by atoms with Crippen LogP contribution in [0.1, 0.15) is 15.6 Å². The van der Waals surface area contributed by atoms with Crippen molar-refractivity contribution >= 4 is 40.7 Å². The van der Waals surface area contributed by atoms with Crippen LogP contribution in [0.3, 0.4) is 0 Å². The van der Waals surface area contributed by atoms with Crippen molar-refractivity contribution in [2.75, 3.05) is 0 Å². The average Bonchev–Trinajstić information content (AvgIpc) is 3.22. The zero-order valence-corrected chi connectivity index (χ0v) is 14.7. The van der Waals surface area contributed by atoms with Crippen molar-refractivity contribution in [2.45, 2.75) is 17.3 Å². The van der Waals surface area contributed by atoms with Crippen LogP contribution in [0.5, 0.6) is 0 Å². The lowest BCUT2D eigenvalue weighted by molar-refractivity contribution is 0.0441. The lowest BCUT2D eigenvalue weighted by Gasteiger charge is -2.03. The summed E-state index contributed by atoms with van der Waals surface area (Å²) in [5.41, 5.74) is 0.558. The number of carbonyl (C=O) groups excluding carboxylic acids is 1. The second kappa shape index (κ2) is 7.94. The molecule has 0 radical (unpaired) electrons. The summed E-state index contributed by atoms with van der Waals surface area (Å²) in [7, 11) is 0. The molecule has 2 heterocycles. The molecule has 25 heavy (non-hydrogen) atoms. The molecule has 0 atom stereocenters. The number of hydrogen-bond donors (Lipinski definition) is 0. The summed E-state index contributed by atoms with van der Waals surface area (Å²) in [4.78, 5) is 12.3. The Labute approximate surface area is 154 Å². The molecule has 1 aromatic carbocycles. The molecule has 3 aromatic rings. The molecule has 0 bridgehead atoms. The van der Waals surface area contributed by atoms with Gasteiger partial charge in [0, 0.05) is 4.90 Å². The van der Waals surface area contributed by atoms with E-state index >= 15 is 0 Å². The van der Waals surface area contributed by atoms with E-state index in [1.165, 1.54) is 6.07 Å². The van der Waals surface area contributed by atoms with E-state index in [1.54, 1.807) is 29.6 Å². The fraction of sp³-hybridized carbons (Fsp3) is 0.133. The van der Waals surface area contributed by atoms with Crippen molar-refractivity contribution in [3.63, 3.8) is 0 Å². The van der Waals surface area contributed by atoms with Crippen molar-refractivity contribution in [3.05, 3.63) is 51.5 Å². The number of carbonyl (C=O) groups is 1. The lowest BCUT2D eigenvalue weighted by Crippen LogP contribution is -2.05. The Kier molecular flexibility index (Phi) is 5.67. The van der Waals surface area contributed by atoms with E-state index in [4.69, 9.17) is 20.8 Å². The largest absolute Gasteiger partial charge is 0.451 e. The van der Waals surface area contributed by atoms with E-state index in [-0.39, 0.29) is 28.2 Å². The van der Waals surface area contributed by atoms with Gasteiger partial charge in [0.15, 0.2) is 6.61 Å². The van der Waals surface area contributed by atoms with Gasteiger partial charge in [-0.2, -0.15) is 8.78 Å². The van der Waals surface area contributed by atoms with Crippen LogP contribution in [0.2, 0.25) is 5.02 Å². The Hall–Kier alpha value is -1.97. The molecule has 0 unspecified atom stereocenters. The molecule has 5 nitrogen and oxygen atoms in total. The Balaban J connectivity index is 1.66. The maximum Gasteiger partial charge on any atom is 0.349 e. The van der Waals surface area contributed by atoms with Crippen molar-refractivity contribution in [1.82, 2.24) is 10.2 Å². The third-order valence-corrected chi connectivity index (χ3v) is 5.05. The second-order valence-corrected chi connectivity index (χ2v) is 6.90. The van der Waals surface area contributed by atoms with Gasteiger partial charge in [0.1, 0.15) is 4.88 Å². The predicted octanol–water partition coefficient (Wildman–Crippen LogP) is 5.12. The van der Waals surface area contributed by atoms with E-state index in [0.717, 1.165) is 11.3 Å². The van der Waals surface area contributed by atoms with Gasteiger partial charge in [0.25, 0.3) is 11.6 Å². The quantitative estimate of drug-likeness (QED) is 0.421. The summed E-state index contributed by atoms with van der Waals surface area (Å²) < 4.78 is 35.4. The van der Waals surface area contributed by atoms with Gasteiger partial charge in [-0.1, -0.05) is 35.5 Å². The van der Waals surface area contributed by atoms with Gasteiger partial charge in [0.05, 0.1) is 10.6 Å². The predicted molar refractivity (Wildman–Crippen MR) is 90.0 cm³/mol. The monoisotopic (exact) mass is 402 g/mol. The van der Waals surface area contributed by atoms with Crippen LogP contribution in [-0.4, -0.2) is 21.9 Å². The van der Waals surface area contributed by atoms with Crippen LogP contribution < -0.4 is 0 Å². The summed E-state index contributed by atoms with van der Waals surface area (Å²) in [5.74, 6) is -3.07. The molecule has 0 N–H and O–H groups in total. The Morgan fingerprint density at radius 3 is 2.88 bits per heavy atom. The van der Waals surface area contributed by atoms with Gasteiger partial charge in [-0.15, -0.1) is 21.5 Å². The molecule has 0 fully saturated rings. The normalized spacial score (nSPS) is 11.0. The number of thioether (sulfide) groups is 1. The average molecular weight is 403 g/mol. The Morgan fingerprint density at radius 2 is 2.12 bits per heavy atom. The maximum atomic E-state index is 12.5. The van der Waals surface area contributed by atoms with E-state index < -0.39 is 11.7 Å². The van der Waals surface area contributed by atoms with Crippen LogP contribution in [-0.2, 0) is 11.3 Å². The van der Waals surface area contributed by atoms with Crippen LogP contribution >= 0.6 is 34.7 Å². The molecule has 0 saturated carbocycles. The van der Waals surface area contributed by atoms with Crippen molar-refractivity contribution in [2.24, 2.45) is 0 Å². The highest BCUT2D eigenvalue weighted by atomic mass is 35.5. The first-order chi connectivity index (χ1) is 12.0. The molecule has 130 valence electrons. The van der Waals surface area contributed by atoms with Gasteiger partial charge < -0.3 is 9.15 Å². The highest BCUT2D eigenvalue weighted by Crippen LogP contribution is 2.32. The fourth-order valence-corrected chi connectivity index (χ4v) is 3.68. The number of aromatic nitrogens is 2. The van der Waals surface area contributed by atoms with Gasteiger partial charge in [-0.3, -0.25) is 0 Å². The molecular formula is C15H9ClF2N2O3S2. The van der Waals surface area contributed by atoms with Crippen LogP contribution in [0.15, 0.2) is 45.0 Å². The first-order valence-corrected chi connectivity index (χ1v) is 8.95. The van der Waals surface area contributed by atoms with Gasteiger partial charge in [0.2, 0.25) is 5.89 Å². The molecule has 10 heteroatoms. The summed E-state index contributed by atoms with van der Waals surface area (Å²) in [6, 6.07) is 8.37. The number of esters is 1. The number of ether oxygens (including phenoxy) is 1. The number of rotatable bonds is 6. The molecule has 0 spiro atoms. The van der Waals surface area contributed by atoms with Gasteiger partial charge >= 0.3 is 5.97 Å². The van der Waals surface area contributed by atoms with Crippen LogP contribution in [0.25, 0.3) is 11.5 Å². The zero-order valence-electron chi connectivity index (χ0n) is 12.3. The number of thiophene rings is 1. The number of halogens is 3. The molecule has 2 aromatic heterocycles. The third-order valence-electron chi connectivity index (χ3n) is 2.93.